The summed E-state index contributed by atoms with van der Waals surface area (Å²) in [6.07, 6.45) is 0.282. The van der Waals surface area contributed by atoms with Crippen LogP contribution in [0.15, 0.2) is 30.3 Å². The van der Waals surface area contributed by atoms with E-state index in [2.05, 4.69) is 5.32 Å². The smallest absolute Gasteiger partial charge is 0.326 e. The van der Waals surface area contributed by atoms with Gasteiger partial charge in [0.1, 0.15) is 6.04 Å². The third-order valence-electron chi connectivity index (χ3n) is 2.58. The lowest BCUT2D eigenvalue weighted by molar-refractivity contribution is -0.141. The van der Waals surface area contributed by atoms with Crippen molar-refractivity contribution in [2.24, 2.45) is 0 Å². The highest BCUT2D eigenvalue weighted by molar-refractivity contribution is 7.99. The number of hydrogen-bond acceptors (Lipinski definition) is 4. The Labute approximate surface area is 122 Å². The average molecular weight is 297 g/mol. The standard InChI is InChI=1S/C14H19NO4S/c1-19-7-8-20-10-13(16)15-12(14(17)18)9-11-5-3-2-4-6-11/h2-6,12H,7-10H2,1H3,(H,15,16)(H,17,18)/t12-/m0/s1. The Hall–Kier alpha value is -1.53. The molecule has 5 nitrogen and oxygen atoms in total. The van der Waals surface area contributed by atoms with Crippen molar-refractivity contribution in [1.82, 2.24) is 5.32 Å². The van der Waals surface area contributed by atoms with Crippen molar-refractivity contribution in [3.63, 3.8) is 0 Å². The second-order valence-corrected chi connectivity index (χ2v) is 5.30. The molecule has 20 heavy (non-hydrogen) atoms. The van der Waals surface area contributed by atoms with E-state index in [-0.39, 0.29) is 18.1 Å². The highest BCUT2D eigenvalue weighted by atomic mass is 32.2. The molecule has 1 aromatic carbocycles. The molecule has 0 saturated carbocycles. The van der Waals surface area contributed by atoms with Gasteiger partial charge in [0.2, 0.25) is 5.91 Å². The Bertz CT molecular complexity index is 424. The quantitative estimate of drug-likeness (QED) is 0.669. The van der Waals surface area contributed by atoms with Crippen LogP contribution in [-0.2, 0) is 20.7 Å². The number of hydrogen-bond donors (Lipinski definition) is 2. The van der Waals surface area contributed by atoms with E-state index >= 15 is 0 Å². The summed E-state index contributed by atoms with van der Waals surface area (Å²) in [7, 11) is 1.60. The fourth-order valence-electron chi connectivity index (χ4n) is 1.59. The molecule has 1 atom stereocenters. The van der Waals surface area contributed by atoms with Crippen LogP contribution in [0.3, 0.4) is 0 Å². The number of thioether (sulfide) groups is 1. The maximum atomic E-state index is 11.7. The van der Waals surface area contributed by atoms with Gasteiger partial charge in [-0.25, -0.2) is 4.79 Å². The number of rotatable bonds is 9. The van der Waals surface area contributed by atoms with Crippen LogP contribution in [0.5, 0.6) is 0 Å². The normalized spacial score (nSPS) is 11.8. The average Bonchev–Trinajstić information content (AvgIpc) is 2.44. The number of methoxy groups -OCH3 is 1. The monoisotopic (exact) mass is 297 g/mol. The van der Waals surface area contributed by atoms with Gasteiger partial charge in [-0.05, 0) is 5.56 Å². The Morgan fingerprint density at radius 2 is 2.05 bits per heavy atom. The lowest BCUT2D eigenvalue weighted by atomic mass is 10.1. The number of nitrogens with one attached hydrogen (secondary N) is 1. The summed E-state index contributed by atoms with van der Waals surface area (Å²) in [5.74, 6) is -0.346. The SMILES string of the molecule is COCCSCC(=O)N[C@@H](Cc1ccccc1)C(=O)O. The van der Waals surface area contributed by atoms with Crippen molar-refractivity contribution in [2.75, 3.05) is 25.2 Å². The summed E-state index contributed by atoms with van der Waals surface area (Å²) in [4.78, 5) is 22.8. The minimum Gasteiger partial charge on any atom is -0.480 e. The summed E-state index contributed by atoms with van der Waals surface area (Å²) in [6.45, 7) is 0.574. The summed E-state index contributed by atoms with van der Waals surface area (Å²) in [6, 6.07) is 8.34. The first-order chi connectivity index (χ1) is 9.63. The van der Waals surface area contributed by atoms with Crippen molar-refractivity contribution in [1.29, 1.82) is 0 Å². The number of carbonyl (C=O) groups is 2. The van der Waals surface area contributed by atoms with Gasteiger partial charge in [-0.15, -0.1) is 11.8 Å². The van der Waals surface area contributed by atoms with Crippen LogP contribution in [0.2, 0.25) is 0 Å². The second kappa shape index (κ2) is 9.39. The molecule has 0 aromatic heterocycles. The first kappa shape index (κ1) is 16.5. The van der Waals surface area contributed by atoms with Crippen molar-refractivity contribution >= 4 is 23.6 Å². The first-order valence-corrected chi connectivity index (χ1v) is 7.41. The molecule has 1 rings (SSSR count). The zero-order valence-corrected chi connectivity index (χ0v) is 12.2. The number of benzene rings is 1. The molecule has 2 N–H and O–H groups in total. The molecule has 110 valence electrons. The molecule has 0 radical (unpaired) electrons. The van der Waals surface area contributed by atoms with Gasteiger partial charge >= 0.3 is 5.97 Å². The molecule has 0 aliphatic rings. The molecule has 0 fully saturated rings. The Morgan fingerprint density at radius 3 is 2.65 bits per heavy atom. The van der Waals surface area contributed by atoms with E-state index in [1.54, 1.807) is 7.11 Å². The van der Waals surface area contributed by atoms with Crippen LogP contribution in [-0.4, -0.2) is 48.2 Å². The summed E-state index contributed by atoms with van der Waals surface area (Å²) in [5, 5.41) is 11.7. The number of carbonyl (C=O) groups excluding carboxylic acids is 1. The van der Waals surface area contributed by atoms with Crippen molar-refractivity contribution in [3.8, 4) is 0 Å². The van der Waals surface area contributed by atoms with Gasteiger partial charge in [-0.2, -0.15) is 0 Å². The predicted molar refractivity (Wildman–Crippen MR) is 78.9 cm³/mol. The van der Waals surface area contributed by atoms with Crippen LogP contribution >= 0.6 is 11.8 Å². The predicted octanol–water partition coefficient (Wildman–Crippen LogP) is 1.18. The number of carboxylic acid groups (broad SMARTS) is 1. The van der Waals surface area contributed by atoms with E-state index in [1.807, 2.05) is 30.3 Å². The number of carboxylic acids is 1. The third kappa shape index (κ3) is 6.58. The topological polar surface area (TPSA) is 75.6 Å². The van der Waals surface area contributed by atoms with Gasteiger partial charge in [0.05, 0.1) is 12.4 Å². The maximum absolute atomic E-state index is 11.7. The molecule has 0 unspecified atom stereocenters. The van der Waals surface area contributed by atoms with E-state index in [4.69, 9.17) is 9.84 Å². The Morgan fingerprint density at radius 1 is 1.35 bits per heavy atom. The van der Waals surface area contributed by atoms with Gasteiger partial charge in [-0.3, -0.25) is 4.79 Å². The van der Waals surface area contributed by atoms with Crippen molar-refractivity contribution in [2.45, 2.75) is 12.5 Å². The second-order valence-electron chi connectivity index (χ2n) is 4.19. The van der Waals surface area contributed by atoms with E-state index in [0.29, 0.717) is 12.4 Å². The van der Waals surface area contributed by atoms with Crippen LogP contribution in [0.4, 0.5) is 0 Å². The van der Waals surface area contributed by atoms with Crippen LogP contribution < -0.4 is 5.32 Å². The minimum atomic E-state index is -1.02. The molecule has 0 aliphatic heterocycles. The number of ether oxygens (including phenoxy) is 1. The molecular weight excluding hydrogens is 278 g/mol. The molecule has 0 aliphatic carbocycles. The number of amides is 1. The van der Waals surface area contributed by atoms with Crippen LogP contribution in [0.25, 0.3) is 0 Å². The van der Waals surface area contributed by atoms with Crippen LogP contribution in [0, 0.1) is 0 Å². The summed E-state index contributed by atoms with van der Waals surface area (Å²) in [5.41, 5.74) is 0.882. The molecular formula is C14H19NO4S. The molecule has 0 heterocycles. The van der Waals surface area contributed by atoms with Crippen LogP contribution in [0.1, 0.15) is 5.56 Å². The van der Waals surface area contributed by atoms with E-state index < -0.39 is 12.0 Å². The van der Waals surface area contributed by atoms with Crippen molar-refractivity contribution in [3.05, 3.63) is 35.9 Å². The van der Waals surface area contributed by atoms with Gasteiger partial charge < -0.3 is 15.2 Å². The van der Waals surface area contributed by atoms with Gasteiger partial charge in [0.15, 0.2) is 0 Å². The maximum Gasteiger partial charge on any atom is 0.326 e. The molecule has 1 amide bonds. The largest absolute Gasteiger partial charge is 0.480 e. The molecule has 1 aromatic rings. The number of aliphatic carboxylic acids is 1. The molecule has 6 heteroatoms. The highest BCUT2D eigenvalue weighted by Gasteiger charge is 2.20. The minimum absolute atomic E-state index is 0.238. The lowest BCUT2D eigenvalue weighted by Crippen LogP contribution is -2.43. The van der Waals surface area contributed by atoms with E-state index in [1.165, 1.54) is 11.8 Å². The molecule has 0 spiro atoms. The van der Waals surface area contributed by atoms with E-state index in [0.717, 1.165) is 5.56 Å². The lowest BCUT2D eigenvalue weighted by Gasteiger charge is -2.14. The van der Waals surface area contributed by atoms with Gasteiger partial charge in [0.25, 0.3) is 0 Å². The fourth-order valence-corrected chi connectivity index (χ4v) is 2.29. The van der Waals surface area contributed by atoms with E-state index in [9.17, 15) is 9.59 Å². The zero-order chi connectivity index (χ0) is 14.8. The first-order valence-electron chi connectivity index (χ1n) is 6.26. The highest BCUT2D eigenvalue weighted by Crippen LogP contribution is 2.05. The molecule has 0 saturated heterocycles. The Balaban J connectivity index is 2.43. The van der Waals surface area contributed by atoms with Gasteiger partial charge in [-0.1, -0.05) is 30.3 Å². The third-order valence-corrected chi connectivity index (χ3v) is 3.50. The zero-order valence-electron chi connectivity index (χ0n) is 11.4. The van der Waals surface area contributed by atoms with Crippen molar-refractivity contribution < 1.29 is 19.4 Å². The summed E-state index contributed by atoms with van der Waals surface area (Å²) < 4.78 is 4.88. The summed E-state index contributed by atoms with van der Waals surface area (Å²) >= 11 is 1.42. The Kier molecular flexibility index (Phi) is 7.75. The molecule has 0 bridgehead atoms. The fraction of sp³-hybridized carbons (Fsp3) is 0.429. The van der Waals surface area contributed by atoms with Gasteiger partial charge in [0, 0.05) is 19.3 Å².